The van der Waals surface area contributed by atoms with Crippen molar-refractivity contribution in [2.45, 2.75) is 46.6 Å². The van der Waals surface area contributed by atoms with Crippen LogP contribution in [-0.4, -0.2) is 49.1 Å². The van der Waals surface area contributed by atoms with Crippen molar-refractivity contribution in [1.29, 1.82) is 0 Å². The molecule has 116 valence electrons. The molecule has 0 saturated carbocycles. The van der Waals surface area contributed by atoms with Gasteiger partial charge in [-0.2, -0.15) is 0 Å². The number of carbonyl (C=O) groups excluding carboxylic acids is 2. The van der Waals surface area contributed by atoms with E-state index in [-0.39, 0.29) is 30.3 Å². The molecule has 5 nitrogen and oxygen atoms in total. The molecule has 0 radical (unpaired) electrons. The summed E-state index contributed by atoms with van der Waals surface area (Å²) in [7, 11) is 0. The number of amides is 2. The maximum absolute atomic E-state index is 12.3. The Bertz CT molecular complexity index is 331. The van der Waals surface area contributed by atoms with E-state index in [1.54, 1.807) is 4.90 Å². The molecule has 0 spiro atoms. The second-order valence-electron chi connectivity index (χ2n) is 6.01. The van der Waals surface area contributed by atoms with E-state index >= 15 is 0 Å². The number of hydrogen-bond acceptors (Lipinski definition) is 3. The summed E-state index contributed by atoms with van der Waals surface area (Å²) in [6.07, 6.45) is 1.65. The molecule has 0 aromatic carbocycles. The van der Waals surface area contributed by atoms with Gasteiger partial charge < -0.3 is 15.0 Å². The van der Waals surface area contributed by atoms with Crippen LogP contribution in [0.5, 0.6) is 0 Å². The highest BCUT2D eigenvalue weighted by atomic mass is 16.5. The summed E-state index contributed by atoms with van der Waals surface area (Å²) in [6, 6.07) is -0.363. The van der Waals surface area contributed by atoms with Crippen LogP contribution in [-0.2, 0) is 14.3 Å². The molecule has 1 N–H and O–H groups in total. The Hall–Kier alpha value is -1.10. The van der Waals surface area contributed by atoms with Gasteiger partial charge in [0.2, 0.25) is 11.8 Å². The van der Waals surface area contributed by atoms with E-state index in [2.05, 4.69) is 19.2 Å². The molecule has 1 saturated heterocycles. The zero-order valence-corrected chi connectivity index (χ0v) is 13.1. The number of nitrogens with zero attached hydrogens (tertiary/aromatic N) is 1. The van der Waals surface area contributed by atoms with Crippen molar-refractivity contribution in [2.75, 3.05) is 26.3 Å². The third kappa shape index (κ3) is 5.12. The standard InChI is InChI=1S/C15H28N2O3/c1-5-12(4)14-15(19)17(9-13(18)16-14)7-6-8-20-10-11(2)3/h11-12,14H,5-10H2,1-4H3,(H,16,18). The van der Waals surface area contributed by atoms with Crippen LogP contribution in [0.3, 0.4) is 0 Å². The number of nitrogens with one attached hydrogen (secondary N) is 1. The summed E-state index contributed by atoms with van der Waals surface area (Å²) >= 11 is 0. The van der Waals surface area contributed by atoms with E-state index in [1.807, 2.05) is 13.8 Å². The Labute approximate surface area is 122 Å². The first-order valence-electron chi connectivity index (χ1n) is 7.61. The van der Waals surface area contributed by atoms with Gasteiger partial charge in [0.15, 0.2) is 0 Å². The van der Waals surface area contributed by atoms with E-state index in [4.69, 9.17) is 4.74 Å². The summed E-state index contributed by atoms with van der Waals surface area (Å²) in [5, 5.41) is 2.80. The number of hydrogen-bond donors (Lipinski definition) is 1. The summed E-state index contributed by atoms with van der Waals surface area (Å²) < 4.78 is 5.51. The Kier molecular flexibility index (Phi) is 6.99. The Morgan fingerprint density at radius 2 is 2.05 bits per heavy atom. The molecular formula is C15H28N2O3. The van der Waals surface area contributed by atoms with Crippen molar-refractivity contribution in [3.8, 4) is 0 Å². The van der Waals surface area contributed by atoms with E-state index in [0.29, 0.717) is 19.1 Å². The molecule has 1 fully saturated rings. The van der Waals surface area contributed by atoms with Crippen LogP contribution in [0, 0.1) is 11.8 Å². The fraction of sp³-hybridized carbons (Fsp3) is 0.867. The number of carbonyl (C=O) groups is 2. The molecule has 0 bridgehead atoms. The largest absolute Gasteiger partial charge is 0.381 e. The van der Waals surface area contributed by atoms with Crippen molar-refractivity contribution >= 4 is 11.8 Å². The molecule has 5 heteroatoms. The van der Waals surface area contributed by atoms with Crippen molar-refractivity contribution in [3.05, 3.63) is 0 Å². The fourth-order valence-corrected chi connectivity index (χ4v) is 2.22. The normalized spacial score (nSPS) is 21.2. The SMILES string of the molecule is CCC(C)C1NC(=O)CN(CCCOCC(C)C)C1=O. The van der Waals surface area contributed by atoms with Crippen molar-refractivity contribution < 1.29 is 14.3 Å². The topological polar surface area (TPSA) is 58.6 Å². The third-order valence-electron chi connectivity index (χ3n) is 3.61. The van der Waals surface area contributed by atoms with Gasteiger partial charge in [0, 0.05) is 19.8 Å². The van der Waals surface area contributed by atoms with E-state index in [1.165, 1.54) is 0 Å². The lowest BCUT2D eigenvalue weighted by Gasteiger charge is -2.35. The molecule has 20 heavy (non-hydrogen) atoms. The van der Waals surface area contributed by atoms with Crippen LogP contribution < -0.4 is 5.32 Å². The molecule has 0 aromatic heterocycles. The number of ether oxygens (including phenoxy) is 1. The quantitative estimate of drug-likeness (QED) is 0.686. The van der Waals surface area contributed by atoms with Gasteiger partial charge in [-0.1, -0.05) is 34.1 Å². The molecule has 2 unspecified atom stereocenters. The van der Waals surface area contributed by atoms with Gasteiger partial charge in [0.25, 0.3) is 0 Å². The van der Waals surface area contributed by atoms with E-state index in [0.717, 1.165) is 19.4 Å². The molecule has 2 amide bonds. The average Bonchev–Trinajstić information content (AvgIpc) is 2.40. The first kappa shape index (κ1) is 17.0. The molecule has 1 heterocycles. The molecule has 1 aliphatic rings. The Morgan fingerprint density at radius 3 is 2.65 bits per heavy atom. The van der Waals surface area contributed by atoms with Gasteiger partial charge in [-0.25, -0.2) is 0 Å². The van der Waals surface area contributed by atoms with Gasteiger partial charge in [-0.15, -0.1) is 0 Å². The maximum atomic E-state index is 12.3. The monoisotopic (exact) mass is 284 g/mol. The van der Waals surface area contributed by atoms with Crippen molar-refractivity contribution in [1.82, 2.24) is 10.2 Å². The minimum atomic E-state index is -0.363. The van der Waals surface area contributed by atoms with Gasteiger partial charge in [0.1, 0.15) is 6.04 Å². The second-order valence-corrected chi connectivity index (χ2v) is 6.01. The van der Waals surface area contributed by atoms with E-state index < -0.39 is 0 Å². The summed E-state index contributed by atoms with van der Waals surface area (Å²) in [5.41, 5.74) is 0. The van der Waals surface area contributed by atoms with Crippen LogP contribution in [0.2, 0.25) is 0 Å². The Balaban J connectivity index is 2.40. The van der Waals surface area contributed by atoms with Crippen molar-refractivity contribution in [3.63, 3.8) is 0 Å². The second kappa shape index (κ2) is 8.25. The van der Waals surface area contributed by atoms with Crippen LogP contribution in [0.4, 0.5) is 0 Å². The molecule has 1 aliphatic heterocycles. The highest BCUT2D eigenvalue weighted by molar-refractivity contribution is 5.94. The lowest BCUT2D eigenvalue weighted by Crippen LogP contribution is -2.60. The predicted molar refractivity (Wildman–Crippen MR) is 78.2 cm³/mol. The number of piperazine rings is 1. The molecule has 0 aliphatic carbocycles. The van der Waals surface area contributed by atoms with Crippen LogP contribution >= 0.6 is 0 Å². The summed E-state index contributed by atoms with van der Waals surface area (Å²) in [4.78, 5) is 25.7. The first-order valence-corrected chi connectivity index (χ1v) is 7.61. The van der Waals surface area contributed by atoms with Crippen LogP contribution in [0.25, 0.3) is 0 Å². The Morgan fingerprint density at radius 1 is 1.35 bits per heavy atom. The average molecular weight is 284 g/mol. The highest BCUT2D eigenvalue weighted by Gasteiger charge is 2.34. The smallest absolute Gasteiger partial charge is 0.245 e. The predicted octanol–water partition coefficient (Wildman–Crippen LogP) is 1.42. The first-order chi connectivity index (χ1) is 9.45. The lowest BCUT2D eigenvalue weighted by molar-refractivity contribution is -0.145. The van der Waals surface area contributed by atoms with Crippen LogP contribution in [0.1, 0.15) is 40.5 Å². The molecule has 1 rings (SSSR count). The lowest BCUT2D eigenvalue weighted by atomic mass is 9.96. The fourth-order valence-electron chi connectivity index (χ4n) is 2.22. The zero-order valence-electron chi connectivity index (χ0n) is 13.1. The third-order valence-corrected chi connectivity index (χ3v) is 3.61. The molecule has 2 atom stereocenters. The maximum Gasteiger partial charge on any atom is 0.245 e. The van der Waals surface area contributed by atoms with Gasteiger partial charge >= 0.3 is 0 Å². The minimum absolute atomic E-state index is 0.0443. The summed E-state index contributed by atoms with van der Waals surface area (Å²) in [6.45, 7) is 10.4. The van der Waals surface area contributed by atoms with Gasteiger partial charge in [-0.3, -0.25) is 9.59 Å². The minimum Gasteiger partial charge on any atom is -0.381 e. The summed E-state index contributed by atoms with van der Waals surface area (Å²) in [5.74, 6) is 0.680. The van der Waals surface area contributed by atoms with Gasteiger partial charge in [0.05, 0.1) is 6.54 Å². The molecular weight excluding hydrogens is 256 g/mol. The highest BCUT2D eigenvalue weighted by Crippen LogP contribution is 2.14. The van der Waals surface area contributed by atoms with E-state index in [9.17, 15) is 9.59 Å². The van der Waals surface area contributed by atoms with Crippen molar-refractivity contribution in [2.24, 2.45) is 11.8 Å². The number of rotatable bonds is 8. The zero-order chi connectivity index (χ0) is 15.1. The molecule has 0 aromatic rings. The van der Waals surface area contributed by atoms with Gasteiger partial charge in [-0.05, 0) is 18.3 Å². The van der Waals surface area contributed by atoms with Crippen LogP contribution in [0.15, 0.2) is 0 Å².